The smallest absolute Gasteiger partial charge is 0.300 e. The van der Waals surface area contributed by atoms with Gasteiger partial charge in [0.1, 0.15) is 0 Å². The van der Waals surface area contributed by atoms with Gasteiger partial charge in [-0.15, -0.1) is 0 Å². The number of pyridine rings is 1. The maximum absolute atomic E-state index is 13.0. The fourth-order valence-corrected chi connectivity index (χ4v) is 2.80. The van der Waals surface area contributed by atoms with Crippen molar-refractivity contribution < 1.29 is 0 Å². The summed E-state index contributed by atoms with van der Waals surface area (Å²) < 4.78 is 1.37. The van der Waals surface area contributed by atoms with E-state index in [-0.39, 0.29) is 16.7 Å². The first-order chi connectivity index (χ1) is 13.7. The Bertz CT molecular complexity index is 1260. The van der Waals surface area contributed by atoms with Crippen molar-refractivity contribution in [1.29, 1.82) is 5.26 Å². The number of fused-ring (bicyclic) bond motifs is 1. The summed E-state index contributed by atoms with van der Waals surface area (Å²) in [5.41, 5.74) is 6.36. The van der Waals surface area contributed by atoms with Gasteiger partial charge in [0, 0.05) is 30.4 Å². The number of nitrogens with one attached hydrogen (secondary N) is 1. The predicted octanol–water partition coefficient (Wildman–Crippen LogP) is 2.17. The number of nitriles is 1. The van der Waals surface area contributed by atoms with Crippen molar-refractivity contribution >= 4 is 11.2 Å². The van der Waals surface area contributed by atoms with Gasteiger partial charge in [-0.3, -0.25) is 9.78 Å². The molecule has 0 fully saturated rings. The molecule has 0 bridgehead atoms. The van der Waals surface area contributed by atoms with Crippen molar-refractivity contribution in [3.63, 3.8) is 0 Å². The van der Waals surface area contributed by atoms with E-state index >= 15 is 0 Å². The first-order valence-electron chi connectivity index (χ1n) is 8.54. The van der Waals surface area contributed by atoms with E-state index in [9.17, 15) is 4.79 Å². The highest BCUT2D eigenvalue weighted by Gasteiger charge is 2.15. The van der Waals surface area contributed by atoms with E-state index in [1.165, 1.54) is 17.1 Å². The normalized spacial score (nSPS) is 10.6. The molecule has 0 atom stereocenters. The highest BCUT2D eigenvalue weighted by Crippen LogP contribution is 2.17. The maximum Gasteiger partial charge on any atom is 0.300 e. The van der Waals surface area contributed by atoms with Gasteiger partial charge >= 0.3 is 5.56 Å². The fourth-order valence-electron chi connectivity index (χ4n) is 2.80. The topological polar surface area (TPSA) is 109 Å². The van der Waals surface area contributed by atoms with E-state index < -0.39 is 0 Å². The van der Waals surface area contributed by atoms with Crippen LogP contribution in [0, 0.1) is 18.3 Å². The summed E-state index contributed by atoms with van der Waals surface area (Å²) in [5, 5.41) is 8.92. The van der Waals surface area contributed by atoms with Crippen LogP contribution in [0.15, 0.2) is 59.9 Å². The average Bonchev–Trinajstić information content (AvgIpc) is 2.73. The van der Waals surface area contributed by atoms with Crippen LogP contribution in [0.25, 0.3) is 22.6 Å². The van der Waals surface area contributed by atoms with Crippen molar-refractivity contribution in [2.45, 2.75) is 13.5 Å². The Labute approximate surface area is 160 Å². The van der Waals surface area contributed by atoms with E-state index in [0.29, 0.717) is 23.5 Å². The van der Waals surface area contributed by atoms with Crippen LogP contribution in [0.5, 0.6) is 0 Å². The molecule has 136 valence electrons. The molecule has 0 aliphatic rings. The lowest BCUT2D eigenvalue weighted by Gasteiger charge is -2.15. The molecule has 0 aliphatic carbocycles. The number of aryl methyl sites for hydroxylation is 1. The van der Waals surface area contributed by atoms with E-state index in [1.54, 1.807) is 24.5 Å². The minimum Gasteiger partial charge on any atom is -0.317 e. The molecular weight excluding hydrogens is 354 g/mol. The van der Waals surface area contributed by atoms with E-state index in [2.05, 4.69) is 31.4 Å². The SMILES string of the molecule is Cc1cncc(-c2nc3nccnc3c(=O)n2NCc2ccc(C#N)cc2)c1. The average molecular weight is 369 g/mol. The van der Waals surface area contributed by atoms with Gasteiger partial charge in [-0.25, -0.2) is 19.6 Å². The molecule has 3 aromatic heterocycles. The summed E-state index contributed by atoms with van der Waals surface area (Å²) in [6.45, 7) is 2.29. The van der Waals surface area contributed by atoms with Crippen molar-refractivity contribution in [1.82, 2.24) is 24.6 Å². The molecule has 0 aliphatic heterocycles. The van der Waals surface area contributed by atoms with Gasteiger partial charge in [-0.05, 0) is 36.2 Å². The van der Waals surface area contributed by atoms with Crippen LogP contribution in [-0.2, 0) is 6.54 Å². The summed E-state index contributed by atoms with van der Waals surface area (Å²) in [7, 11) is 0. The zero-order valence-corrected chi connectivity index (χ0v) is 15.0. The molecule has 0 unspecified atom stereocenters. The molecule has 1 aromatic carbocycles. The van der Waals surface area contributed by atoms with Crippen molar-refractivity contribution in [3.05, 3.63) is 82.2 Å². The Morgan fingerprint density at radius 3 is 2.68 bits per heavy atom. The minimum absolute atomic E-state index is 0.180. The van der Waals surface area contributed by atoms with Crippen LogP contribution < -0.4 is 11.0 Å². The van der Waals surface area contributed by atoms with E-state index in [0.717, 1.165) is 11.1 Å². The van der Waals surface area contributed by atoms with Crippen LogP contribution in [0.1, 0.15) is 16.7 Å². The highest BCUT2D eigenvalue weighted by atomic mass is 16.1. The summed E-state index contributed by atoms with van der Waals surface area (Å²) in [6.07, 6.45) is 6.35. The molecule has 0 amide bonds. The Kier molecular flexibility index (Phi) is 4.48. The Balaban J connectivity index is 1.80. The Morgan fingerprint density at radius 2 is 1.93 bits per heavy atom. The minimum atomic E-state index is -0.344. The molecule has 0 radical (unpaired) electrons. The van der Waals surface area contributed by atoms with Crippen LogP contribution >= 0.6 is 0 Å². The van der Waals surface area contributed by atoms with Gasteiger partial charge < -0.3 is 5.43 Å². The molecule has 0 saturated carbocycles. The van der Waals surface area contributed by atoms with Crippen molar-refractivity contribution in [2.24, 2.45) is 0 Å². The summed E-state index contributed by atoms with van der Waals surface area (Å²) in [5.74, 6) is 0.405. The number of rotatable bonds is 4. The number of hydrogen-bond donors (Lipinski definition) is 1. The van der Waals surface area contributed by atoms with Crippen molar-refractivity contribution in [2.75, 3.05) is 5.43 Å². The predicted molar refractivity (Wildman–Crippen MR) is 104 cm³/mol. The fraction of sp³-hybridized carbons (Fsp3) is 0.100. The largest absolute Gasteiger partial charge is 0.317 e. The molecule has 0 saturated heterocycles. The quantitative estimate of drug-likeness (QED) is 0.587. The number of hydrogen-bond acceptors (Lipinski definition) is 7. The zero-order chi connectivity index (χ0) is 19.5. The molecular formula is C20H15N7O. The van der Waals surface area contributed by atoms with Crippen LogP contribution in [-0.4, -0.2) is 24.6 Å². The molecule has 8 heteroatoms. The highest BCUT2D eigenvalue weighted by molar-refractivity contribution is 5.71. The van der Waals surface area contributed by atoms with E-state index in [1.807, 2.05) is 25.1 Å². The van der Waals surface area contributed by atoms with Crippen LogP contribution in [0.3, 0.4) is 0 Å². The van der Waals surface area contributed by atoms with Gasteiger partial charge in [0.25, 0.3) is 0 Å². The lowest BCUT2D eigenvalue weighted by Crippen LogP contribution is -2.32. The summed E-state index contributed by atoms with van der Waals surface area (Å²) >= 11 is 0. The first kappa shape index (κ1) is 17.3. The van der Waals surface area contributed by atoms with Gasteiger partial charge in [0.05, 0.1) is 18.2 Å². The van der Waals surface area contributed by atoms with Gasteiger partial charge in [-0.2, -0.15) is 5.26 Å². The number of nitrogens with zero attached hydrogens (tertiary/aromatic N) is 6. The standard InChI is InChI=1S/C20H15N7O/c1-13-8-16(12-22-10-13)19-26-18-17(23-6-7-24-18)20(28)27(19)25-11-15-4-2-14(9-21)3-5-15/h2-8,10,12,25H,11H2,1H3. The second-order valence-electron chi connectivity index (χ2n) is 6.20. The molecule has 1 N–H and O–H groups in total. The molecule has 4 aromatic rings. The molecule has 4 rings (SSSR count). The summed E-state index contributed by atoms with van der Waals surface area (Å²) in [4.78, 5) is 30.0. The van der Waals surface area contributed by atoms with Crippen LogP contribution in [0.4, 0.5) is 0 Å². The zero-order valence-electron chi connectivity index (χ0n) is 15.0. The third-order valence-corrected chi connectivity index (χ3v) is 4.17. The number of benzene rings is 1. The monoisotopic (exact) mass is 369 g/mol. The molecule has 28 heavy (non-hydrogen) atoms. The number of aromatic nitrogens is 5. The van der Waals surface area contributed by atoms with Gasteiger partial charge in [-0.1, -0.05) is 12.1 Å². The Hall–Kier alpha value is -4.12. The Morgan fingerprint density at radius 1 is 1.14 bits per heavy atom. The second kappa shape index (κ2) is 7.25. The lowest BCUT2D eigenvalue weighted by molar-refractivity contribution is 0.795. The third kappa shape index (κ3) is 3.29. The first-order valence-corrected chi connectivity index (χ1v) is 8.54. The molecule has 0 spiro atoms. The van der Waals surface area contributed by atoms with Crippen molar-refractivity contribution in [3.8, 4) is 17.5 Å². The van der Waals surface area contributed by atoms with E-state index in [4.69, 9.17) is 5.26 Å². The summed E-state index contributed by atoms with van der Waals surface area (Å²) in [6, 6.07) is 11.1. The lowest BCUT2D eigenvalue weighted by atomic mass is 10.1. The molecule has 3 heterocycles. The molecule has 8 nitrogen and oxygen atoms in total. The van der Waals surface area contributed by atoms with Crippen LogP contribution in [0.2, 0.25) is 0 Å². The van der Waals surface area contributed by atoms with Gasteiger partial charge in [0.2, 0.25) is 0 Å². The maximum atomic E-state index is 13.0. The van der Waals surface area contributed by atoms with Gasteiger partial charge in [0.15, 0.2) is 17.0 Å². The third-order valence-electron chi connectivity index (χ3n) is 4.17. The second-order valence-corrected chi connectivity index (χ2v) is 6.20.